The average Bonchev–Trinajstić information content (AvgIpc) is 3.10. The van der Waals surface area contributed by atoms with Crippen LogP contribution in [0.15, 0.2) is 36.4 Å². The van der Waals surface area contributed by atoms with Crippen molar-refractivity contribution in [3.8, 4) is 0 Å². The summed E-state index contributed by atoms with van der Waals surface area (Å²) in [5.41, 5.74) is 0.785. The van der Waals surface area contributed by atoms with Gasteiger partial charge in [0.15, 0.2) is 0 Å². The van der Waals surface area contributed by atoms with Gasteiger partial charge in [-0.1, -0.05) is 30.3 Å². The van der Waals surface area contributed by atoms with Gasteiger partial charge in [0.2, 0.25) is 0 Å². The lowest BCUT2D eigenvalue weighted by Crippen LogP contribution is -2.12. The molecule has 0 saturated heterocycles. The molecule has 1 aliphatic rings. The normalized spacial score (nSPS) is 17.6. The van der Waals surface area contributed by atoms with E-state index >= 15 is 0 Å². The molecule has 0 atom stereocenters. The van der Waals surface area contributed by atoms with E-state index < -0.39 is 0 Å². The topological polar surface area (TPSA) is 20.2 Å². The van der Waals surface area contributed by atoms with Crippen LogP contribution in [0.25, 0.3) is 10.8 Å². The van der Waals surface area contributed by atoms with Crippen molar-refractivity contribution in [2.45, 2.75) is 18.3 Å². The van der Waals surface area contributed by atoms with Gasteiger partial charge in [-0.05, 0) is 29.9 Å². The van der Waals surface area contributed by atoms with Gasteiger partial charge in [0, 0.05) is 10.8 Å². The van der Waals surface area contributed by atoms with Crippen molar-refractivity contribution in [1.82, 2.24) is 0 Å². The zero-order valence-corrected chi connectivity index (χ0v) is 8.91. The van der Waals surface area contributed by atoms with Crippen molar-refractivity contribution in [1.29, 1.82) is 0 Å². The van der Waals surface area contributed by atoms with E-state index in [-0.39, 0.29) is 17.8 Å². The molecule has 16 heavy (non-hydrogen) atoms. The summed E-state index contributed by atoms with van der Waals surface area (Å²) in [6.45, 7) is 0.112. The van der Waals surface area contributed by atoms with E-state index in [1.54, 1.807) is 6.07 Å². The van der Waals surface area contributed by atoms with Crippen molar-refractivity contribution < 1.29 is 9.50 Å². The van der Waals surface area contributed by atoms with Gasteiger partial charge in [-0.2, -0.15) is 0 Å². The van der Waals surface area contributed by atoms with Gasteiger partial charge in [-0.25, -0.2) is 4.39 Å². The van der Waals surface area contributed by atoms with Crippen LogP contribution in [-0.4, -0.2) is 11.7 Å². The van der Waals surface area contributed by atoms with Crippen LogP contribution < -0.4 is 0 Å². The highest BCUT2D eigenvalue weighted by Crippen LogP contribution is 2.50. The molecule has 0 aliphatic heterocycles. The molecule has 0 aromatic heterocycles. The van der Waals surface area contributed by atoms with Gasteiger partial charge in [0.1, 0.15) is 5.82 Å². The van der Waals surface area contributed by atoms with Gasteiger partial charge in [-0.15, -0.1) is 0 Å². The Kier molecular flexibility index (Phi) is 2.01. The third-order valence-electron chi connectivity index (χ3n) is 3.58. The number of benzene rings is 2. The van der Waals surface area contributed by atoms with Crippen molar-refractivity contribution in [3.05, 3.63) is 47.8 Å². The second-order valence-electron chi connectivity index (χ2n) is 4.58. The largest absolute Gasteiger partial charge is 0.395 e. The summed E-state index contributed by atoms with van der Waals surface area (Å²) in [7, 11) is 0. The van der Waals surface area contributed by atoms with Crippen LogP contribution >= 0.6 is 0 Å². The summed E-state index contributed by atoms with van der Waals surface area (Å²) in [5.74, 6) is -0.187. The average molecular weight is 216 g/mol. The second-order valence-corrected chi connectivity index (χ2v) is 4.58. The molecule has 1 nitrogen and oxygen atoms in total. The van der Waals surface area contributed by atoms with Gasteiger partial charge < -0.3 is 5.11 Å². The number of aliphatic hydroxyl groups is 1. The monoisotopic (exact) mass is 216 g/mol. The van der Waals surface area contributed by atoms with Crippen LogP contribution in [0.1, 0.15) is 18.4 Å². The number of rotatable bonds is 2. The first-order chi connectivity index (χ1) is 7.77. The molecular weight excluding hydrogens is 203 g/mol. The van der Waals surface area contributed by atoms with Crippen molar-refractivity contribution in [2.24, 2.45) is 0 Å². The summed E-state index contributed by atoms with van der Waals surface area (Å²) in [4.78, 5) is 0. The first-order valence-corrected chi connectivity index (χ1v) is 5.55. The SMILES string of the molecule is OCC1(c2cccc3cccc(F)c23)CC1. The highest BCUT2D eigenvalue weighted by Gasteiger charge is 2.44. The zero-order chi connectivity index (χ0) is 11.2. The molecule has 2 aromatic carbocycles. The third-order valence-corrected chi connectivity index (χ3v) is 3.58. The Morgan fingerprint density at radius 2 is 1.81 bits per heavy atom. The van der Waals surface area contributed by atoms with E-state index in [0.29, 0.717) is 5.39 Å². The highest BCUT2D eigenvalue weighted by molar-refractivity contribution is 5.87. The number of halogens is 1. The standard InChI is InChI=1S/C14H13FO/c15-12-6-2-4-10-3-1-5-11(13(10)12)14(9-16)7-8-14/h1-6,16H,7-9H2. The molecule has 3 rings (SSSR count). The molecule has 1 N–H and O–H groups in total. The maximum atomic E-state index is 13.9. The molecule has 0 unspecified atom stereocenters. The third kappa shape index (κ3) is 1.26. The second kappa shape index (κ2) is 3.29. The first-order valence-electron chi connectivity index (χ1n) is 5.55. The number of hydrogen-bond acceptors (Lipinski definition) is 1. The van der Waals surface area contributed by atoms with E-state index in [1.165, 1.54) is 6.07 Å². The predicted molar refractivity (Wildman–Crippen MR) is 61.9 cm³/mol. The smallest absolute Gasteiger partial charge is 0.131 e. The minimum absolute atomic E-state index is 0.112. The summed E-state index contributed by atoms with van der Waals surface area (Å²) in [5, 5.41) is 11.0. The molecule has 2 heteroatoms. The maximum Gasteiger partial charge on any atom is 0.131 e. The summed E-state index contributed by atoms with van der Waals surface area (Å²) < 4.78 is 13.9. The maximum absolute atomic E-state index is 13.9. The lowest BCUT2D eigenvalue weighted by molar-refractivity contribution is 0.255. The molecule has 0 heterocycles. The Labute approximate surface area is 93.5 Å². The number of hydrogen-bond donors (Lipinski definition) is 1. The predicted octanol–water partition coefficient (Wildman–Crippen LogP) is 3.00. The lowest BCUT2D eigenvalue weighted by atomic mass is 9.91. The minimum atomic E-state index is -0.187. The summed E-state index contributed by atoms with van der Waals surface area (Å²) in [6, 6.07) is 10.9. The van der Waals surface area contributed by atoms with E-state index in [9.17, 15) is 9.50 Å². The molecule has 0 amide bonds. The minimum Gasteiger partial charge on any atom is -0.395 e. The van der Waals surface area contributed by atoms with Crippen LogP contribution in [0.2, 0.25) is 0 Å². The van der Waals surface area contributed by atoms with E-state index in [1.807, 2.05) is 24.3 Å². The number of aliphatic hydroxyl groups excluding tert-OH is 1. The Morgan fingerprint density at radius 3 is 2.44 bits per heavy atom. The van der Waals surface area contributed by atoms with Gasteiger partial charge >= 0.3 is 0 Å². The molecule has 1 aliphatic carbocycles. The van der Waals surface area contributed by atoms with E-state index in [4.69, 9.17) is 0 Å². The Bertz CT molecular complexity index is 538. The van der Waals surface area contributed by atoms with Crippen LogP contribution in [0.4, 0.5) is 4.39 Å². The fraction of sp³-hybridized carbons (Fsp3) is 0.286. The van der Waals surface area contributed by atoms with E-state index in [0.717, 1.165) is 23.8 Å². The fourth-order valence-corrected chi connectivity index (χ4v) is 2.40. The molecule has 0 spiro atoms. The van der Waals surface area contributed by atoms with Gasteiger partial charge in [0.05, 0.1) is 6.61 Å². The molecule has 0 radical (unpaired) electrons. The van der Waals surface area contributed by atoms with Crippen LogP contribution in [0.5, 0.6) is 0 Å². The molecular formula is C14H13FO. The Balaban J connectivity index is 2.33. The molecule has 82 valence electrons. The fourth-order valence-electron chi connectivity index (χ4n) is 2.40. The van der Waals surface area contributed by atoms with Gasteiger partial charge in [0.25, 0.3) is 0 Å². The molecule has 0 bridgehead atoms. The van der Waals surface area contributed by atoms with Crippen LogP contribution in [0, 0.1) is 5.82 Å². The summed E-state index contributed by atoms with van der Waals surface area (Å²) in [6.07, 6.45) is 1.91. The van der Waals surface area contributed by atoms with Crippen molar-refractivity contribution in [2.75, 3.05) is 6.61 Å². The van der Waals surface area contributed by atoms with Crippen molar-refractivity contribution >= 4 is 10.8 Å². The molecule has 1 saturated carbocycles. The van der Waals surface area contributed by atoms with Crippen LogP contribution in [-0.2, 0) is 5.41 Å². The Morgan fingerprint density at radius 1 is 1.12 bits per heavy atom. The zero-order valence-electron chi connectivity index (χ0n) is 8.91. The van der Waals surface area contributed by atoms with Gasteiger partial charge in [-0.3, -0.25) is 0 Å². The quantitative estimate of drug-likeness (QED) is 0.818. The highest BCUT2D eigenvalue weighted by atomic mass is 19.1. The van der Waals surface area contributed by atoms with E-state index in [2.05, 4.69) is 0 Å². The molecule has 2 aromatic rings. The van der Waals surface area contributed by atoms with Crippen molar-refractivity contribution in [3.63, 3.8) is 0 Å². The molecule has 1 fully saturated rings. The summed E-state index contributed by atoms with van der Waals surface area (Å²) >= 11 is 0. The Hall–Kier alpha value is -1.41. The van der Waals surface area contributed by atoms with Crippen LogP contribution in [0.3, 0.4) is 0 Å². The number of fused-ring (bicyclic) bond motifs is 1. The lowest BCUT2D eigenvalue weighted by Gasteiger charge is -2.15. The first kappa shape index (κ1) is 9.79.